The van der Waals surface area contributed by atoms with Crippen LogP contribution in [0.25, 0.3) is 0 Å². The molecular weight excluding hydrogens is 286 g/mol. The number of anilines is 1. The van der Waals surface area contributed by atoms with Crippen molar-refractivity contribution in [2.24, 2.45) is 0 Å². The number of hydrogen-bond donors (Lipinski definition) is 3. The monoisotopic (exact) mass is 311 g/mol. The van der Waals surface area contributed by atoms with Crippen LogP contribution in [-0.4, -0.2) is 33.6 Å². The van der Waals surface area contributed by atoms with E-state index in [0.717, 1.165) is 25.2 Å². The zero-order chi connectivity index (χ0) is 15.3. The van der Waals surface area contributed by atoms with Crippen LogP contribution in [0.4, 0.5) is 5.69 Å². The molecule has 5 nitrogen and oxygen atoms in total. The highest BCUT2D eigenvalue weighted by Gasteiger charge is 2.15. The summed E-state index contributed by atoms with van der Waals surface area (Å²) < 4.78 is 26.6. The Labute approximate surface area is 127 Å². The Morgan fingerprint density at radius 3 is 2.57 bits per heavy atom. The molecule has 1 fully saturated rings. The summed E-state index contributed by atoms with van der Waals surface area (Å²) in [6.45, 7) is 5.64. The second-order valence-corrected chi connectivity index (χ2v) is 7.52. The minimum absolute atomic E-state index is 0.105. The molecule has 0 amide bonds. The Balaban J connectivity index is 1.86. The molecule has 118 valence electrons. The van der Waals surface area contributed by atoms with Crippen LogP contribution in [0.3, 0.4) is 0 Å². The second-order valence-electron chi connectivity index (χ2n) is 5.81. The van der Waals surface area contributed by atoms with E-state index in [4.69, 9.17) is 0 Å². The van der Waals surface area contributed by atoms with E-state index in [1.165, 1.54) is 12.8 Å². The van der Waals surface area contributed by atoms with E-state index < -0.39 is 10.0 Å². The Bertz CT molecular complexity index is 535. The fraction of sp³-hybridized carbons (Fsp3) is 0.600. The first kappa shape index (κ1) is 16.3. The van der Waals surface area contributed by atoms with Crippen molar-refractivity contribution in [3.8, 4) is 0 Å². The molecule has 2 rings (SSSR count). The topological polar surface area (TPSA) is 70.2 Å². The normalized spacial score (nSPS) is 19.1. The molecule has 1 aromatic carbocycles. The molecule has 0 spiro atoms. The smallest absolute Gasteiger partial charge is 0.240 e. The predicted molar refractivity (Wildman–Crippen MR) is 86.0 cm³/mol. The van der Waals surface area contributed by atoms with Gasteiger partial charge in [0.2, 0.25) is 10.0 Å². The molecule has 1 aromatic rings. The van der Waals surface area contributed by atoms with Crippen molar-refractivity contribution in [2.45, 2.75) is 50.1 Å². The summed E-state index contributed by atoms with van der Waals surface area (Å²) in [5.74, 6) is 0. The first-order chi connectivity index (χ1) is 9.97. The van der Waals surface area contributed by atoms with Gasteiger partial charge in [-0.3, -0.25) is 0 Å². The largest absolute Gasteiger partial charge is 0.385 e. The molecule has 1 aliphatic heterocycles. The van der Waals surface area contributed by atoms with Crippen LogP contribution in [0.15, 0.2) is 29.2 Å². The van der Waals surface area contributed by atoms with E-state index in [9.17, 15) is 8.42 Å². The molecule has 6 heteroatoms. The van der Waals surface area contributed by atoms with Gasteiger partial charge in [0.25, 0.3) is 0 Å². The van der Waals surface area contributed by atoms with Crippen molar-refractivity contribution in [1.82, 2.24) is 10.0 Å². The van der Waals surface area contributed by atoms with Crippen molar-refractivity contribution < 1.29 is 8.42 Å². The molecule has 0 radical (unpaired) electrons. The van der Waals surface area contributed by atoms with Crippen molar-refractivity contribution in [2.75, 3.05) is 18.4 Å². The maximum Gasteiger partial charge on any atom is 0.240 e. The van der Waals surface area contributed by atoms with E-state index in [-0.39, 0.29) is 6.04 Å². The zero-order valence-corrected chi connectivity index (χ0v) is 13.5. The third kappa shape index (κ3) is 4.98. The van der Waals surface area contributed by atoms with Crippen molar-refractivity contribution in [3.63, 3.8) is 0 Å². The first-order valence-electron chi connectivity index (χ1n) is 7.57. The van der Waals surface area contributed by atoms with Crippen LogP contribution >= 0.6 is 0 Å². The molecule has 1 saturated heterocycles. The second kappa shape index (κ2) is 7.24. The van der Waals surface area contributed by atoms with Crippen LogP contribution < -0.4 is 15.4 Å². The van der Waals surface area contributed by atoms with Crippen molar-refractivity contribution >= 4 is 15.7 Å². The summed E-state index contributed by atoms with van der Waals surface area (Å²) >= 11 is 0. The van der Waals surface area contributed by atoms with Crippen molar-refractivity contribution in [1.29, 1.82) is 0 Å². The maximum absolute atomic E-state index is 12.0. The van der Waals surface area contributed by atoms with Crippen molar-refractivity contribution in [3.05, 3.63) is 24.3 Å². The molecule has 21 heavy (non-hydrogen) atoms. The molecule has 1 aliphatic rings. The predicted octanol–water partition coefficient (Wildman–Crippen LogP) is 1.93. The zero-order valence-electron chi connectivity index (χ0n) is 12.7. The van der Waals surface area contributed by atoms with Gasteiger partial charge in [0, 0.05) is 24.3 Å². The fourth-order valence-corrected chi connectivity index (χ4v) is 3.78. The van der Waals surface area contributed by atoms with Crippen LogP contribution in [0, 0.1) is 0 Å². The van der Waals surface area contributed by atoms with E-state index in [1.807, 2.05) is 26.0 Å². The van der Waals surface area contributed by atoms with Gasteiger partial charge in [-0.05, 0) is 63.9 Å². The minimum atomic E-state index is -3.40. The molecule has 3 N–H and O–H groups in total. The van der Waals surface area contributed by atoms with Crippen LogP contribution in [0.5, 0.6) is 0 Å². The van der Waals surface area contributed by atoms with Gasteiger partial charge in [0.15, 0.2) is 0 Å². The lowest BCUT2D eigenvalue weighted by Gasteiger charge is -2.13. The lowest BCUT2D eigenvalue weighted by molar-refractivity contribution is 0.570. The Hall–Kier alpha value is -1.11. The van der Waals surface area contributed by atoms with Gasteiger partial charge in [-0.15, -0.1) is 0 Å². The summed E-state index contributed by atoms with van der Waals surface area (Å²) in [6, 6.07) is 7.43. The van der Waals surface area contributed by atoms with Gasteiger partial charge in [-0.25, -0.2) is 13.1 Å². The number of nitrogens with one attached hydrogen (secondary N) is 3. The van der Waals surface area contributed by atoms with Gasteiger partial charge in [-0.1, -0.05) is 0 Å². The Morgan fingerprint density at radius 2 is 2.00 bits per heavy atom. The molecule has 0 saturated carbocycles. The summed E-state index contributed by atoms with van der Waals surface area (Å²) in [5.41, 5.74) is 0.955. The highest BCUT2D eigenvalue weighted by atomic mass is 32.2. The summed E-state index contributed by atoms with van der Waals surface area (Å²) in [6.07, 6.45) is 3.61. The molecule has 0 aliphatic carbocycles. The van der Waals surface area contributed by atoms with E-state index in [1.54, 1.807) is 12.1 Å². The molecular formula is C15H25N3O2S. The Kier molecular flexibility index (Phi) is 5.61. The first-order valence-corrected chi connectivity index (χ1v) is 9.05. The van der Waals surface area contributed by atoms with E-state index in [2.05, 4.69) is 15.4 Å². The summed E-state index contributed by atoms with van der Waals surface area (Å²) in [5, 5.41) is 6.80. The summed E-state index contributed by atoms with van der Waals surface area (Å²) in [7, 11) is -3.40. The number of hydrogen-bond acceptors (Lipinski definition) is 4. The van der Waals surface area contributed by atoms with E-state index >= 15 is 0 Å². The average molecular weight is 311 g/mol. The van der Waals surface area contributed by atoms with Gasteiger partial charge >= 0.3 is 0 Å². The SMILES string of the molecule is CC(C)NS(=O)(=O)c1ccc(NCC[C@@H]2CCCN2)cc1. The number of rotatable bonds is 7. The molecule has 0 bridgehead atoms. The third-order valence-electron chi connectivity index (χ3n) is 3.54. The minimum Gasteiger partial charge on any atom is -0.385 e. The standard InChI is InChI=1S/C15H25N3O2S/c1-12(2)18-21(19,20)15-7-5-14(6-8-15)17-11-9-13-4-3-10-16-13/h5-8,12-13,16-18H,3-4,9-11H2,1-2H3/t13-/m0/s1. The van der Waals surface area contributed by atoms with Crippen LogP contribution in [-0.2, 0) is 10.0 Å². The Morgan fingerprint density at radius 1 is 1.29 bits per heavy atom. The van der Waals surface area contributed by atoms with Gasteiger partial charge < -0.3 is 10.6 Å². The fourth-order valence-electron chi connectivity index (χ4n) is 2.52. The van der Waals surface area contributed by atoms with Crippen LogP contribution in [0.2, 0.25) is 0 Å². The van der Waals surface area contributed by atoms with E-state index in [0.29, 0.717) is 10.9 Å². The third-order valence-corrected chi connectivity index (χ3v) is 5.21. The van der Waals surface area contributed by atoms with Crippen LogP contribution in [0.1, 0.15) is 33.1 Å². The lowest BCUT2D eigenvalue weighted by Crippen LogP contribution is -2.30. The molecule has 1 atom stereocenters. The highest BCUT2D eigenvalue weighted by Crippen LogP contribution is 2.15. The van der Waals surface area contributed by atoms with Gasteiger partial charge in [0.05, 0.1) is 4.90 Å². The molecule has 1 heterocycles. The van der Waals surface area contributed by atoms with Gasteiger partial charge in [-0.2, -0.15) is 0 Å². The maximum atomic E-state index is 12.0. The quantitative estimate of drug-likeness (QED) is 0.719. The number of benzene rings is 1. The average Bonchev–Trinajstić information content (AvgIpc) is 2.91. The molecule has 0 unspecified atom stereocenters. The highest BCUT2D eigenvalue weighted by molar-refractivity contribution is 7.89. The number of sulfonamides is 1. The lowest BCUT2D eigenvalue weighted by atomic mass is 10.1. The molecule has 0 aromatic heterocycles. The summed E-state index contributed by atoms with van der Waals surface area (Å²) in [4.78, 5) is 0.305. The van der Waals surface area contributed by atoms with Gasteiger partial charge in [0.1, 0.15) is 0 Å².